The van der Waals surface area contributed by atoms with Gasteiger partial charge in [-0.2, -0.15) is 13.2 Å². The van der Waals surface area contributed by atoms with E-state index in [9.17, 15) is 26.7 Å². The SMILES string of the molecule is CCN(C(=O)NC(C)C(F)F)[C@@H](c1cc(-c2cn3ccnc3c(OC)n2)c(OC)cn1)C(F)(F)F. The van der Waals surface area contributed by atoms with E-state index < -0.39 is 43.0 Å². The zero-order chi connectivity index (χ0) is 25.9. The summed E-state index contributed by atoms with van der Waals surface area (Å²) >= 11 is 0. The predicted molar refractivity (Wildman–Crippen MR) is 114 cm³/mol. The van der Waals surface area contributed by atoms with E-state index in [-0.39, 0.29) is 22.9 Å². The largest absolute Gasteiger partial charge is 0.494 e. The van der Waals surface area contributed by atoms with Crippen molar-refractivity contribution in [2.24, 2.45) is 0 Å². The molecule has 0 spiro atoms. The van der Waals surface area contributed by atoms with E-state index in [1.807, 2.05) is 5.32 Å². The summed E-state index contributed by atoms with van der Waals surface area (Å²) in [6, 6.07) is -4.39. The number of carbonyl (C=O) groups is 1. The fourth-order valence-electron chi connectivity index (χ4n) is 3.43. The minimum atomic E-state index is -4.97. The summed E-state index contributed by atoms with van der Waals surface area (Å²) < 4.78 is 80.5. The zero-order valence-corrected chi connectivity index (χ0v) is 19.2. The lowest BCUT2D eigenvalue weighted by atomic mass is 10.1. The number of halogens is 5. The van der Waals surface area contributed by atoms with Gasteiger partial charge < -0.3 is 24.1 Å². The first-order valence-electron chi connectivity index (χ1n) is 10.4. The maximum absolute atomic E-state index is 14.2. The second-order valence-electron chi connectivity index (χ2n) is 7.41. The number of amides is 2. The molecule has 14 heteroatoms. The van der Waals surface area contributed by atoms with Crippen LogP contribution in [0.1, 0.15) is 25.6 Å². The van der Waals surface area contributed by atoms with Gasteiger partial charge in [-0.3, -0.25) is 4.98 Å². The summed E-state index contributed by atoms with van der Waals surface area (Å²) in [5, 5.41) is 1.90. The van der Waals surface area contributed by atoms with Crippen molar-refractivity contribution in [1.29, 1.82) is 0 Å². The van der Waals surface area contributed by atoms with Gasteiger partial charge in [0.1, 0.15) is 5.75 Å². The van der Waals surface area contributed by atoms with Crippen LogP contribution in [0.25, 0.3) is 16.9 Å². The average Bonchev–Trinajstić information content (AvgIpc) is 3.29. The van der Waals surface area contributed by atoms with Crippen LogP contribution < -0.4 is 14.8 Å². The molecular formula is C21H23F5N6O3. The van der Waals surface area contributed by atoms with Crippen molar-refractivity contribution in [3.05, 3.63) is 36.5 Å². The number of imidazole rings is 1. The first-order valence-corrected chi connectivity index (χ1v) is 10.4. The molecule has 1 N–H and O–H groups in total. The van der Waals surface area contributed by atoms with Crippen molar-refractivity contribution >= 4 is 11.7 Å². The molecule has 0 aromatic carbocycles. The molecule has 3 rings (SSSR count). The third-order valence-electron chi connectivity index (χ3n) is 5.15. The number of alkyl halides is 5. The van der Waals surface area contributed by atoms with E-state index in [1.165, 1.54) is 33.5 Å². The van der Waals surface area contributed by atoms with Crippen molar-refractivity contribution in [2.45, 2.75) is 38.5 Å². The molecule has 3 aromatic rings. The highest BCUT2D eigenvalue weighted by Crippen LogP contribution is 2.40. The van der Waals surface area contributed by atoms with E-state index in [4.69, 9.17) is 9.47 Å². The van der Waals surface area contributed by atoms with Crippen LogP contribution in [0.3, 0.4) is 0 Å². The van der Waals surface area contributed by atoms with E-state index in [0.29, 0.717) is 10.5 Å². The van der Waals surface area contributed by atoms with Crippen molar-refractivity contribution in [1.82, 2.24) is 29.6 Å². The van der Waals surface area contributed by atoms with Gasteiger partial charge in [0.2, 0.25) is 0 Å². The number of rotatable bonds is 8. The van der Waals surface area contributed by atoms with Crippen LogP contribution in [0, 0.1) is 0 Å². The number of nitrogens with one attached hydrogen (secondary N) is 1. The minimum absolute atomic E-state index is 0.113. The van der Waals surface area contributed by atoms with Crippen LogP contribution in [0.15, 0.2) is 30.9 Å². The van der Waals surface area contributed by atoms with E-state index in [1.54, 1.807) is 10.6 Å². The Balaban J connectivity index is 2.13. The number of urea groups is 1. The molecule has 0 saturated heterocycles. The molecule has 9 nitrogen and oxygen atoms in total. The minimum Gasteiger partial charge on any atom is -0.494 e. The molecule has 0 radical (unpaired) electrons. The Kier molecular flexibility index (Phi) is 7.60. The number of nitrogens with zero attached hydrogens (tertiary/aromatic N) is 5. The van der Waals surface area contributed by atoms with Crippen molar-refractivity contribution in [3.63, 3.8) is 0 Å². The molecule has 0 aliphatic carbocycles. The van der Waals surface area contributed by atoms with Gasteiger partial charge in [0.25, 0.3) is 12.3 Å². The summed E-state index contributed by atoms with van der Waals surface area (Å²) in [7, 11) is 2.68. The second-order valence-corrected chi connectivity index (χ2v) is 7.41. The van der Waals surface area contributed by atoms with Crippen LogP contribution in [-0.4, -0.2) is 69.7 Å². The van der Waals surface area contributed by atoms with Gasteiger partial charge in [0.15, 0.2) is 11.7 Å². The summed E-state index contributed by atoms with van der Waals surface area (Å²) in [6.45, 7) is 1.87. The maximum Gasteiger partial charge on any atom is 0.414 e. The fourth-order valence-corrected chi connectivity index (χ4v) is 3.43. The van der Waals surface area contributed by atoms with Crippen LogP contribution in [-0.2, 0) is 0 Å². The lowest BCUT2D eigenvalue weighted by Crippen LogP contribution is -2.50. The first kappa shape index (κ1) is 25.9. The standard InChI is InChI=1S/C21H23F5N6O3/c1-5-32(20(33)29-11(2)17(22)23)16(21(24,25)26)13-8-12(15(34-3)9-28-13)14-10-31-7-6-27-18(31)19(30-14)35-4/h6-11,16-17H,5H2,1-4H3,(H,29,33)/t11?,16-/m0/s1. The van der Waals surface area contributed by atoms with Crippen LogP contribution in [0.2, 0.25) is 0 Å². The number of hydrogen-bond acceptors (Lipinski definition) is 6. The first-order chi connectivity index (χ1) is 16.5. The summed E-state index contributed by atoms with van der Waals surface area (Å²) in [5.74, 6) is 0.235. The highest BCUT2D eigenvalue weighted by Gasteiger charge is 2.47. The Hall–Kier alpha value is -3.71. The van der Waals surface area contributed by atoms with Gasteiger partial charge in [-0.05, 0) is 19.9 Å². The van der Waals surface area contributed by atoms with Gasteiger partial charge in [-0.15, -0.1) is 0 Å². The highest BCUT2D eigenvalue weighted by atomic mass is 19.4. The molecule has 3 heterocycles. The third-order valence-corrected chi connectivity index (χ3v) is 5.15. The Morgan fingerprint density at radius 2 is 1.94 bits per heavy atom. The van der Waals surface area contributed by atoms with Crippen molar-refractivity contribution < 1.29 is 36.2 Å². The number of hydrogen-bond donors (Lipinski definition) is 1. The Morgan fingerprint density at radius 3 is 2.51 bits per heavy atom. The van der Waals surface area contributed by atoms with Gasteiger partial charge in [0, 0.05) is 30.7 Å². The van der Waals surface area contributed by atoms with Gasteiger partial charge in [-0.25, -0.2) is 23.5 Å². The molecular weight excluding hydrogens is 479 g/mol. The number of aromatic nitrogens is 4. The normalized spacial score (nSPS) is 13.5. The van der Waals surface area contributed by atoms with E-state index >= 15 is 0 Å². The monoisotopic (exact) mass is 502 g/mol. The number of carbonyl (C=O) groups excluding carboxylic acids is 1. The summed E-state index contributed by atoms with van der Waals surface area (Å²) in [5.41, 5.74) is 0.159. The Morgan fingerprint density at radius 1 is 1.23 bits per heavy atom. The summed E-state index contributed by atoms with van der Waals surface area (Å²) in [6.07, 6.45) is -2.24. The molecule has 0 aliphatic heterocycles. The summed E-state index contributed by atoms with van der Waals surface area (Å²) in [4.78, 5) is 25.2. The molecule has 190 valence electrons. The molecule has 2 atom stereocenters. The molecule has 1 unspecified atom stereocenters. The predicted octanol–water partition coefficient (Wildman–Crippen LogP) is 4.10. The van der Waals surface area contributed by atoms with Crippen LogP contribution in [0.4, 0.5) is 26.7 Å². The molecule has 3 aromatic heterocycles. The number of fused-ring (bicyclic) bond motifs is 1. The molecule has 0 saturated carbocycles. The van der Waals surface area contributed by atoms with Crippen LogP contribution >= 0.6 is 0 Å². The topological polar surface area (TPSA) is 93.9 Å². The molecule has 0 fully saturated rings. The molecule has 35 heavy (non-hydrogen) atoms. The van der Waals surface area contributed by atoms with Gasteiger partial charge in [0.05, 0.1) is 37.8 Å². The van der Waals surface area contributed by atoms with Crippen molar-refractivity contribution in [2.75, 3.05) is 20.8 Å². The molecule has 2 amide bonds. The Labute approximate surface area is 196 Å². The molecule has 0 bridgehead atoms. The maximum atomic E-state index is 14.2. The smallest absolute Gasteiger partial charge is 0.414 e. The van der Waals surface area contributed by atoms with Crippen molar-refractivity contribution in [3.8, 4) is 22.9 Å². The molecule has 0 aliphatic rings. The van der Waals surface area contributed by atoms with Gasteiger partial charge >= 0.3 is 12.2 Å². The number of pyridine rings is 1. The highest BCUT2D eigenvalue weighted by molar-refractivity contribution is 5.75. The lowest BCUT2D eigenvalue weighted by Gasteiger charge is -2.33. The lowest BCUT2D eigenvalue weighted by molar-refractivity contribution is -0.179. The quantitative estimate of drug-likeness (QED) is 0.467. The van der Waals surface area contributed by atoms with Crippen LogP contribution in [0.5, 0.6) is 11.6 Å². The number of ether oxygens (including phenoxy) is 2. The second kappa shape index (κ2) is 10.3. The zero-order valence-electron chi connectivity index (χ0n) is 19.2. The average molecular weight is 502 g/mol. The van der Waals surface area contributed by atoms with Gasteiger partial charge in [-0.1, -0.05) is 0 Å². The van der Waals surface area contributed by atoms with E-state index in [2.05, 4.69) is 15.0 Å². The third kappa shape index (κ3) is 5.35. The van der Waals surface area contributed by atoms with E-state index in [0.717, 1.165) is 19.2 Å². The number of methoxy groups -OCH3 is 2. The Bertz CT molecular complexity index is 1190. The fraction of sp³-hybridized carbons (Fsp3) is 0.429.